The summed E-state index contributed by atoms with van der Waals surface area (Å²) >= 11 is 0. The Labute approximate surface area is 305 Å². The van der Waals surface area contributed by atoms with Crippen molar-refractivity contribution in [2.24, 2.45) is 0 Å². The van der Waals surface area contributed by atoms with Crippen LogP contribution < -0.4 is 4.90 Å². The second kappa shape index (κ2) is 11.7. The molecular weight excluding hydrogens is 647 g/mol. The molecule has 0 spiro atoms. The number of fused-ring (bicyclic) bond motifs is 9. The number of anilines is 3. The SMILES string of the molecule is c1ccc(-c2c(N(c3cccc(-c4cccc5c4oc4ccccc45)c3)c3cccc4c3oc3ccccc34)c3ccccc3c3ccccc23)cc1. The predicted octanol–water partition coefficient (Wildman–Crippen LogP) is 14.6. The first-order valence-corrected chi connectivity index (χ1v) is 18.0. The molecule has 0 radical (unpaired) electrons. The van der Waals surface area contributed by atoms with Crippen LogP contribution in [0.5, 0.6) is 0 Å². The van der Waals surface area contributed by atoms with Gasteiger partial charge in [0, 0.05) is 43.7 Å². The van der Waals surface area contributed by atoms with E-state index in [9.17, 15) is 0 Å². The Bertz CT molecular complexity index is 3190. The minimum atomic E-state index is 0.842. The summed E-state index contributed by atoms with van der Waals surface area (Å²) in [6.07, 6.45) is 0. The van der Waals surface area contributed by atoms with Gasteiger partial charge in [-0.3, -0.25) is 0 Å². The minimum Gasteiger partial charge on any atom is -0.455 e. The largest absolute Gasteiger partial charge is 0.455 e. The molecule has 0 unspecified atom stereocenters. The molecule has 9 aromatic carbocycles. The Kier molecular flexibility index (Phi) is 6.55. The van der Waals surface area contributed by atoms with Gasteiger partial charge in [-0.2, -0.15) is 0 Å². The van der Waals surface area contributed by atoms with Crippen molar-refractivity contribution in [2.45, 2.75) is 0 Å². The molecular formula is C50H31NO2. The van der Waals surface area contributed by atoms with E-state index in [-0.39, 0.29) is 0 Å². The molecule has 0 atom stereocenters. The van der Waals surface area contributed by atoms with Crippen LogP contribution in [0.4, 0.5) is 17.1 Å². The van der Waals surface area contributed by atoms with Gasteiger partial charge in [0.15, 0.2) is 5.58 Å². The maximum Gasteiger partial charge on any atom is 0.159 e. The van der Waals surface area contributed by atoms with Gasteiger partial charge in [0.05, 0.1) is 11.4 Å². The van der Waals surface area contributed by atoms with Crippen molar-refractivity contribution in [1.82, 2.24) is 0 Å². The number of para-hydroxylation sites is 4. The molecule has 0 fully saturated rings. The summed E-state index contributed by atoms with van der Waals surface area (Å²) in [5, 5.41) is 9.17. The average molecular weight is 678 g/mol. The van der Waals surface area contributed by atoms with Gasteiger partial charge in [-0.15, -0.1) is 0 Å². The molecule has 0 aliphatic carbocycles. The van der Waals surface area contributed by atoms with E-state index >= 15 is 0 Å². The summed E-state index contributed by atoms with van der Waals surface area (Å²) in [5.41, 5.74) is 11.0. The number of hydrogen-bond donors (Lipinski definition) is 0. The second-order valence-electron chi connectivity index (χ2n) is 13.6. The van der Waals surface area contributed by atoms with E-state index in [2.05, 4.69) is 175 Å². The molecule has 0 bridgehead atoms. The van der Waals surface area contributed by atoms with Crippen molar-refractivity contribution in [3.05, 3.63) is 188 Å². The number of nitrogens with zero attached hydrogens (tertiary/aromatic N) is 1. The van der Waals surface area contributed by atoms with E-state index in [1.54, 1.807) is 0 Å². The molecule has 0 N–H and O–H groups in total. The Balaban J connectivity index is 1.27. The number of furan rings is 2. The van der Waals surface area contributed by atoms with Crippen LogP contribution in [0.2, 0.25) is 0 Å². The summed E-state index contributed by atoms with van der Waals surface area (Å²) in [6, 6.07) is 66.7. The summed E-state index contributed by atoms with van der Waals surface area (Å²) < 4.78 is 13.4. The van der Waals surface area contributed by atoms with Gasteiger partial charge >= 0.3 is 0 Å². The molecule has 11 rings (SSSR count). The maximum absolute atomic E-state index is 6.80. The van der Waals surface area contributed by atoms with Crippen molar-refractivity contribution < 1.29 is 8.83 Å². The average Bonchev–Trinajstić information content (AvgIpc) is 3.81. The van der Waals surface area contributed by atoms with Crippen LogP contribution in [-0.2, 0) is 0 Å². The molecule has 0 saturated heterocycles. The number of hydrogen-bond acceptors (Lipinski definition) is 3. The number of benzene rings is 9. The highest BCUT2D eigenvalue weighted by Crippen LogP contribution is 2.51. The van der Waals surface area contributed by atoms with Gasteiger partial charge in [-0.05, 0) is 57.6 Å². The van der Waals surface area contributed by atoms with Gasteiger partial charge in [0.1, 0.15) is 16.7 Å². The van der Waals surface area contributed by atoms with Crippen molar-refractivity contribution in [2.75, 3.05) is 4.90 Å². The van der Waals surface area contributed by atoms with Crippen LogP contribution in [0.15, 0.2) is 197 Å². The Hall–Kier alpha value is -7.10. The lowest BCUT2D eigenvalue weighted by molar-refractivity contribution is 0.669. The molecule has 0 saturated carbocycles. The quantitative estimate of drug-likeness (QED) is 0.170. The van der Waals surface area contributed by atoms with Gasteiger partial charge < -0.3 is 13.7 Å². The highest BCUT2D eigenvalue weighted by molar-refractivity contribution is 6.23. The van der Waals surface area contributed by atoms with Gasteiger partial charge in [-0.1, -0.05) is 158 Å². The topological polar surface area (TPSA) is 29.5 Å². The zero-order valence-corrected chi connectivity index (χ0v) is 28.7. The Morgan fingerprint density at radius 2 is 0.849 bits per heavy atom. The van der Waals surface area contributed by atoms with Crippen molar-refractivity contribution in [3.8, 4) is 22.3 Å². The lowest BCUT2D eigenvalue weighted by Crippen LogP contribution is -2.13. The van der Waals surface area contributed by atoms with Gasteiger partial charge in [0.25, 0.3) is 0 Å². The minimum absolute atomic E-state index is 0.842. The molecule has 53 heavy (non-hydrogen) atoms. The smallest absolute Gasteiger partial charge is 0.159 e. The fraction of sp³-hybridized carbons (Fsp3) is 0. The van der Waals surface area contributed by atoms with E-state index < -0.39 is 0 Å². The first-order chi connectivity index (χ1) is 26.3. The maximum atomic E-state index is 6.80. The standard InChI is InChI=1S/C50H31NO2/c1-2-15-32(16-3-1)47-40-23-6-4-19-36(40)37-20-5-7-24-41(37)48(47)51(44-28-14-27-43-39-22-9-11-30-46(39)53-50(43)44)34-18-12-17-33(31-34)35-25-13-26-42-38-21-8-10-29-45(38)52-49(35)42/h1-31H. The lowest BCUT2D eigenvalue weighted by Gasteiger charge is -2.31. The third-order valence-corrected chi connectivity index (χ3v) is 10.6. The van der Waals surface area contributed by atoms with E-state index in [0.717, 1.165) is 88.6 Å². The molecule has 2 aromatic heterocycles. The summed E-state index contributed by atoms with van der Waals surface area (Å²) in [4.78, 5) is 2.42. The Morgan fingerprint density at radius 3 is 1.58 bits per heavy atom. The molecule has 0 aliphatic heterocycles. The predicted molar refractivity (Wildman–Crippen MR) is 222 cm³/mol. The van der Waals surface area contributed by atoms with Crippen LogP contribution in [0, 0.1) is 0 Å². The normalized spacial score (nSPS) is 11.8. The van der Waals surface area contributed by atoms with Crippen molar-refractivity contribution in [3.63, 3.8) is 0 Å². The van der Waals surface area contributed by atoms with Crippen LogP contribution in [0.25, 0.3) is 87.7 Å². The van der Waals surface area contributed by atoms with Gasteiger partial charge in [-0.25, -0.2) is 0 Å². The number of rotatable bonds is 5. The van der Waals surface area contributed by atoms with Crippen LogP contribution in [-0.4, -0.2) is 0 Å². The molecule has 0 aliphatic rings. The van der Waals surface area contributed by atoms with E-state index in [1.165, 1.54) is 16.2 Å². The highest BCUT2D eigenvalue weighted by atomic mass is 16.3. The van der Waals surface area contributed by atoms with Crippen molar-refractivity contribution in [1.29, 1.82) is 0 Å². The first-order valence-electron chi connectivity index (χ1n) is 18.0. The van der Waals surface area contributed by atoms with E-state index in [1.807, 2.05) is 18.2 Å². The third-order valence-electron chi connectivity index (χ3n) is 10.6. The van der Waals surface area contributed by atoms with E-state index in [0.29, 0.717) is 0 Å². The van der Waals surface area contributed by atoms with Crippen LogP contribution in [0.1, 0.15) is 0 Å². The second-order valence-corrected chi connectivity index (χ2v) is 13.6. The molecule has 248 valence electrons. The summed E-state index contributed by atoms with van der Waals surface area (Å²) in [5.74, 6) is 0. The van der Waals surface area contributed by atoms with Crippen LogP contribution in [0.3, 0.4) is 0 Å². The van der Waals surface area contributed by atoms with Crippen LogP contribution >= 0.6 is 0 Å². The summed E-state index contributed by atoms with van der Waals surface area (Å²) in [6.45, 7) is 0. The molecule has 3 nitrogen and oxygen atoms in total. The fourth-order valence-corrected chi connectivity index (χ4v) is 8.34. The highest BCUT2D eigenvalue weighted by Gasteiger charge is 2.26. The summed E-state index contributed by atoms with van der Waals surface area (Å²) in [7, 11) is 0. The zero-order chi connectivity index (χ0) is 34.9. The van der Waals surface area contributed by atoms with Gasteiger partial charge in [0.2, 0.25) is 0 Å². The van der Waals surface area contributed by atoms with Crippen molar-refractivity contribution >= 4 is 82.5 Å². The fourth-order valence-electron chi connectivity index (χ4n) is 8.34. The monoisotopic (exact) mass is 677 g/mol. The Morgan fingerprint density at radius 1 is 0.340 bits per heavy atom. The molecule has 0 amide bonds. The molecule has 3 heteroatoms. The third kappa shape index (κ3) is 4.54. The molecule has 11 aromatic rings. The van der Waals surface area contributed by atoms with E-state index in [4.69, 9.17) is 8.83 Å². The zero-order valence-electron chi connectivity index (χ0n) is 28.7. The molecule has 2 heterocycles. The lowest BCUT2D eigenvalue weighted by atomic mass is 9.90. The first kappa shape index (κ1) is 29.6.